The molecule has 2 unspecified atom stereocenters. The zero-order valence-electron chi connectivity index (χ0n) is 11.5. The maximum absolute atomic E-state index is 12.1. The zero-order valence-corrected chi connectivity index (χ0v) is 11.5. The molecular formula is C13H24N2O3. The largest absolute Gasteiger partial charge is 0.481 e. The van der Waals surface area contributed by atoms with Gasteiger partial charge in [0, 0.05) is 6.04 Å². The van der Waals surface area contributed by atoms with Gasteiger partial charge in [0.1, 0.15) is 0 Å². The number of carbonyl (C=O) groups is 2. The Kier molecular flexibility index (Phi) is 5.14. The highest BCUT2D eigenvalue weighted by molar-refractivity contribution is 5.85. The van der Waals surface area contributed by atoms with Gasteiger partial charge in [-0.2, -0.15) is 0 Å². The number of rotatable bonds is 5. The second kappa shape index (κ2) is 6.18. The van der Waals surface area contributed by atoms with Crippen LogP contribution in [0.1, 0.15) is 46.5 Å². The lowest BCUT2D eigenvalue weighted by Gasteiger charge is -2.31. The Bertz CT molecular complexity index is 315. The summed E-state index contributed by atoms with van der Waals surface area (Å²) in [7, 11) is 0. The average Bonchev–Trinajstić information content (AvgIpc) is 2.29. The molecule has 1 aliphatic rings. The van der Waals surface area contributed by atoms with Crippen LogP contribution in [0.4, 0.5) is 0 Å². The van der Waals surface area contributed by atoms with Crippen molar-refractivity contribution in [3.05, 3.63) is 0 Å². The van der Waals surface area contributed by atoms with Crippen LogP contribution in [0.15, 0.2) is 0 Å². The summed E-state index contributed by atoms with van der Waals surface area (Å²) >= 11 is 0. The van der Waals surface area contributed by atoms with E-state index in [0.717, 1.165) is 25.8 Å². The molecule has 104 valence electrons. The predicted octanol–water partition coefficient (Wildman–Crippen LogP) is 1.13. The number of carboxylic acid groups (broad SMARTS) is 1. The first-order valence-corrected chi connectivity index (χ1v) is 6.65. The molecular weight excluding hydrogens is 232 g/mol. The number of nitrogens with one attached hydrogen (secondary N) is 2. The number of amides is 1. The molecule has 1 amide bonds. The van der Waals surface area contributed by atoms with Gasteiger partial charge in [-0.15, -0.1) is 0 Å². The summed E-state index contributed by atoms with van der Waals surface area (Å²) in [5.41, 5.74) is -0.606. The monoisotopic (exact) mass is 256 g/mol. The highest BCUT2D eigenvalue weighted by atomic mass is 16.4. The van der Waals surface area contributed by atoms with Crippen LogP contribution < -0.4 is 10.6 Å². The Hall–Kier alpha value is -1.10. The molecule has 2 atom stereocenters. The van der Waals surface area contributed by atoms with Crippen LogP contribution >= 0.6 is 0 Å². The number of hydrogen-bond donors (Lipinski definition) is 3. The van der Waals surface area contributed by atoms with Gasteiger partial charge in [0.25, 0.3) is 0 Å². The molecule has 5 nitrogen and oxygen atoms in total. The summed E-state index contributed by atoms with van der Waals surface area (Å²) in [6, 6.07) is -0.00900. The van der Waals surface area contributed by atoms with Gasteiger partial charge in [0.2, 0.25) is 5.91 Å². The summed E-state index contributed by atoms with van der Waals surface area (Å²) in [5, 5.41) is 15.1. The van der Waals surface area contributed by atoms with Gasteiger partial charge >= 0.3 is 5.97 Å². The molecule has 1 aliphatic carbocycles. The first-order valence-electron chi connectivity index (χ1n) is 6.65. The molecule has 0 spiro atoms. The van der Waals surface area contributed by atoms with Crippen LogP contribution in [0.3, 0.4) is 0 Å². The molecule has 0 saturated heterocycles. The summed E-state index contributed by atoms with van der Waals surface area (Å²) in [6.07, 6.45) is 3.00. The maximum atomic E-state index is 12.1. The molecule has 5 heteroatoms. The van der Waals surface area contributed by atoms with Crippen LogP contribution in [0.5, 0.6) is 0 Å². The van der Waals surface area contributed by atoms with E-state index in [1.165, 1.54) is 0 Å². The van der Waals surface area contributed by atoms with Gasteiger partial charge in [0.05, 0.1) is 11.5 Å². The molecule has 0 aromatic carbocycles. The normalized spacial score (nSPS) is 24.6. The van der Waals surface area contributed by atoms with Crippen LogP contribution in [0.2, 0.25) is 0 Å². The summed E-state index contributed by atoms with van der Waals surface area (Å²) in [5.74, 6) is -1.12. The fraction of sp³-hybridized carbons (Fsp3) is 0.846. The van der Waals surface area contributed by atoms with E-state index in [4.69, 9.17) is 5.11 Å². The van der Waals surface area contributed by atoms with E-state index in [1.807, 2.05) is 20.8 Å². The zero-order chi connectivity index (χ0) is 13.8. The third kappa shape index (κ3) is 3.98. The number of hydrogen-bond acceptors (Lipinski definition) is 3. The molecule has 18 heavy (non-hydrogen) atoms. The van der Waals surface area contributed by atoms with E-state index >= 15 is 0 Å². The highest BCUT2D eigenvalue weighted by Gasteiger charge is 2.32. The Morgan fingerprint density at radius 3 is 2.56 bits per heavy atom. The second-order valence-electron chi connectivity index (χ2n) is 5.53. The molecule has 0 bridgehead atoms. The van der Waals surface area contributed by atoms with Crippen LogP contribution in [-0.2, 0) is 9.59 Å². The van der Waals surface area contributed by atoms with Crippen LogP contribution in [-0.4, -0.2) is 35.1 Å². The van der Waals surface area contributed by atoms with Crippen molar-refractivity contribution in [3.63, 3.8) is 0 Å². The molecule has 3 N–H and O–H groups in total. The lowest BCUT2D eigenvalue weighted by atomic mass is 9.85. The van der Waals surface area contributed by atoms with E-state index < -0.39 is 11.5 Å². The fourth-order valence-corrected chi connectivity index (χ4v) is 2.43. The molecule has 0 aromatic heterocycles. The third-order valence-electron chi connectivity index (χ3n) is 3.55. The molecule has 0 aliphatic heterocycles. The van der Waals surface area contributed by atoms with Crippen molar-refractivity contribution < 1.29 is 14.7 Å². The SMILES string of the molecule is CCNC(C)(C)C(=O)NC1CCCC(C(=O)O)C1. The van der Waals surface area contributed by atoms with Crippen molar-refractivity contribution in [2.24, 2.45) is 5.92 Å². The summed E-state index contributed by atoms with van der Waals surface area (Å²) < 4.78 is 0. The molecule has 0 heterocycles. The van der Waals surface area contributed by atoms with E-state index in [0.29, 0.717) is 6.42 Å². The third-order valence-corrected chi connectivity index (χ3v) is 3.55. The molecule has 0 aromatic rings. The van der Waals surface area contributed by atoms with E-state index in [1.54, 1.807) is 0 Å². The number of carbonyl (C=O) groups excluding carboxylic acids is 1. The van der Waals surface area contributed by atoms with Gasteiger partial charge in [0.15, 0.2) is 0 Å². The Labute approximate surface area is 108 Å². The minimum Gasteiger partial charge on any atom is -0.481 e. The second-order valence-corrected chi connectivity index (χ2v) is 5.53. The quantitative estimate of drug-likeness (QED) is 0.689. The standard InChI is InChI=1S/C13H24N2O3/c1-4-14-13(2,3)12(18)15-10-7-5-6-9(8-10)11(16)17/h9-10,14H,4-8H2,1-3H3,(H,15,18)(H,16,17). The van der Waals surface area contributed by atoms with Gasteiger partial charge in [-0.3, -0.25) is 9.59 Å². The van der Waals surface area contributed by atoms with Crippen LogP contribution in [0, 0.1) is 5.92 Å². The van der Waals surface area contributed by atoms with Gasteiger partial charge < -0.3 is 15.7 Å². The van der Waals surface area contributed by atoms with Crippen molar-refractivity contribution in [2.45, 2.75) is 58.0 Å². The Balaban J connectivity index is 2.51. The fourth-order valence-electron chi connectivity index (χ4n) is 2.43. The first-order chi connectivity index (χ1) is 8.36. The predicted molar refractivity (Wildman–Crippen MR) is 69.3 cm³/mol. The average molecular weight is 256 g/mol. The lowest BCUT2D eigenvalue weighted by molar-refractivity contribution is -0.143. The smallest absolute Gasteiger partial charge is 0.306 e. The van der Waals surface area contributed by atoms with Crippen LogP contribution in [0.25, 0.3) is 0 Å². The number of likely N-dealkylation sites (N-methyl/N-ethyl adjacent to an activating group) is 1. The minimum absolute atomic E-state index is 0.00900. The number of carboxylic acids is 1. The molecule has 1 fully saturated rings. The first kappa shape index (κ1) is 15.0. The molecule has 1 rings (SSSR count). The van der Waals surface area contributed by atoms with Gasteiger partial charge in [-0.1, -0.05) is 13.3 Å². The van der Waals surface area contributed by atoms with E-state index in [2.05, 4.69) is 10.6 Å². The Morgan fingerprint density at radius 1 is 1.33 bits per heavy atom. The van der Waals surface area contributed by atoms with Crippen molar-refractivity contribution in [1.29, 1.82) is 0 Å². The van der Waals surface area contributed by atoms with Gasteiger partial charge in [-0.05, 0) is 39.7 Å². The van der Waals surface area contributed by atoms with E-state index in [-0.39, 0.29) is 17.9 Å². The van der Waals surface area contributed by atoms with Crippen molar-refractivity contribution >= 4 is 11.9 Å². The summed E-state index contributed by atoms with van der Waals surface area (Å²) in [6.45, 7) is 6.35. The topological polar surface area (TPSA) is 78.4 Å². The molecule has 1 saturated carbocycles. The number of aliphatic carboxylic acids is 1. The van der Waals surface area contributed by atoms with Crippen molar-refractivity contribution in [1.82, 2.24) is 10.6 Å². The van der Waals surface area contributed by atoms with Gasteiger partial charge in [-0.25, -0.2) is 0 Å². The maximum Gasteiger partial charge on any atom is 0.306 e. The lowest BCUT2D eigenvalue weighted by Crippen LogP contribution is -2.55. The van der Waals surface area contributed by atoms with Crippen molar-refractivity contribution in [2.75, 3.05) is 6.54 Å². The Morgan fingerprint density at radius 2 is 2.00 bits per heavy atom. The highest BCUT2D eigenvalue weighted by Crippen LogP contribution is 2.24. The molecule has 0 radical (unpaired) electrons. The summed E-state index contributed by atoms with van der Waals surface area (Å²) in [4.78, 5) is 23.0. The minimum atomic E-state index is -0.750. The van der Waals surface area contributed by atoms with E-state index in [9.17, 15) is 9.59 Å². The van der Waals surface area contributed by atoms with Crippen molar-refractivity contribution in [3.8, 4) is 0 Å².